The maximum absolute atomic E-state index is 11.0. The van der Waals surface area contributed by atoms with E-state index < -0.39 is 0 Å². The normalized spacial score (nSPS) is 18.2. The highest BCUT2D eigenvalue weighted by atomic mass is 16.1. The summed E-state index contributed by atoms with van der Waals surface area (Å²) in [7, 11) is 1.85. The van der Waals surface area contributed by atoms with Gasteiger partial charge in [-0.15, -0.1) is 0 Å². The Morgan fingerprint density at radius 2 is 1.85 bits per heavy atom. The molecule has 0 bridgehead atoms. The number of rotatable bonds is 2. The van der Waals surface area contributed by atoms with Gasteiger partial charge in [0.05, 0.1) is 5.54 Å². The summed E-state index contributed by atoms with van der Waals surface area (Å²) in [4.78, 5) is 11.0. The molecule has 68 valence electrons. The Balaban J connectivity index is 2.35. The molecule has 0 fully saturated rings. The van der Waals surface area contributed by atoms with Crippen LogP contribution in [0.15, 0.2) is 24.3 Å². The smallest absolute Gasteiger partial charge is 0.140 e. The number of aldehydes is 1. The number of likely N-dealkylation sites (N-methyl/N-ethyl adjacent to an activating group) is 1. The topological polar surface area (TPSA) is 29.1 Å². The highest BCUT2D eigenvalue weighted by Gasteiger charge is 2.35. The van der Waals surface area contributed by atoms with Crippen molar-refractivity contribution < 1.29 is 4.79 Å². The number of benzene rings is 1. The van der Waals surface area contributed by atoms with Gasteiger partial charge in [0.25, 0.3) is 0 Å². The molecule has 0 saturated heterocycles. The molecule has 0 unspecified atom stereocenters. The predicted molar refractivity (Wildman–Crippen MR) is 51.7 cm³/mol. The van der Waals surface area contributed by atoms with E-state index in [1.54, 1.807) is 0 Å². The van der Waals surface area contributed by atoms with Gasteiger partial charge in [-0.1, -0.05) is 24.3 Å². The molecule has 0 aromatic heterocycles. The molecular weight excluding hydrogens is 162 g/mol. The van der Waals surface area contributed by atoms with Crippen molar-refractivity contribution in [3.63, 3.8) is 0 Å². The third-order valence-electron chi connectivity index (χ3n) is 2.85. The number of hydrogen-bond donors (Lipinski definition) is 1. The van der Waals surface area contributed by atoms with E-state index in [0.29, 0.717) is 0 Å². The molecule has 13 heavy (non-hydrogen) atoms. The van der Waals surface area contributed by atoms with Gasteiger partial charge in [0.1, 0.15) is 6.29 Å². The van der Waals surface area contributed by atoms with E-state index in [-0.39, 0.29) is 5.54 Å². The average molecular weight is 175 g/mol. The first-order chi connectivity index (χ1) is 6.29. The number of nitrogens with one attached hydrogen (secondary N) is 1. The Labute approximate surface area is 78.0 Å². The molecule has 2 rings (SSSR count). The van der Waals surface area contributed by atoms with Crippen LogP contribution >= 0.6 is 0 Å². The molecule has 2 nitrogen and oxygen atoms in total. The molecule has 2 heteroatoms. The maximum atomic E-state index is 11.0. The molecule has 1 aliphatic carbocycles. The molecule has 0 atom stereocenters. The van der Waals surface area contributed by atoms with Crippen LogP contribution in [0.1, 0.15) is 11.1 Å². The standard InChI is InChI=1S/C11H13NO/c1-12-11(8-13)6-9-4-2-3-5-10(9)7-11/h2-5,8,12H,6-7H2,1H3. The lowest BCUT2D eigenvalue weighted by molar-refractivity contribution is -0.112. The van der Waals surface area contributed by atoms with Crippen molar-refractivity contribution in [2.75, 3.05) is 7.05 Å². The summed E-state index contributed by atoms with van der Waals surface area (Å²) in [5.74, 6) is 0. The minimum absolute atomic E-state index is 0.344. The van der Waals surface area contributed by atoms with Crippen LogP contribution in [0.4, 0.5) is 0 Å². The summed E-state index contributed by atoms with van der Waals surface area (Å²) in [5, 5.41) is 3.11. The number of fused-ring (bicyclic) bond motifs is 1. The van der Waals surface area contributed by atoms with E-state index >= 15 is 0 Å². The van der Waals surface area contributed by atoms with E-state index in [1.807, 2.05) is 19.2 Å². The molecule has 0 spiro atoms. The Bertz CT molecular complexity index is 308. The molecule has 0 aliphatic heterocycles. The van der Waals surface area contributed by atoms with Gasteiger partial charge >= 0.3 is 0 Å². The van der Waals surface area contributed by atoms with Crippen LogP contribution in [0.25, 0.3) is 0 Å². The molecule has 1 aliphatic rings. The van der Waals surface area contributed by atoms with Gasteiger partial charge in [-0.05, 0) is 31.0 Å². The molecule has 0 radical (unpaired) electrons. The minimum Gasteiger partial charge on any atom is -0.308 e. The van der Waals surface area contributed by atoms with Crippen molar-refractivity contribution in [1.82, 2.24) is 5.32 Å². The summed E-state index contributed by atoms with van der Waals surface area (Å²) >= 11 is 0. The Morgan fingerprint density at radius 3 is 2.23 bits per heavy atom. The fourth-order valence-electron chi connectivity index (χ4n) is 1.96. The van der Waals surface area contributed by atoms with Gasteiger partial charge in [0.2, 0.25) is 0 Å². The van der Waals surface area contributed by atoms with Crippen LogP contribution in [0.3, 0.4) is 0 Å². The number of carbonyl (C=O) groups excluding carboxylic acids is 1. The molecule has 1 N–H and O–H groups in total. The van der Waals surface area contributed by atoms with Crippen molar-refractivity contribution in [3.8, 4) is 0 Å². The van der Waals surface area contributed by atoms with Crippen LogP contribution in [0.2, 0.25) is 0 Å². The molecule has 1 aromatic rings. The summed E-state index contributed by atoms with van der Waals surface area (Å²) in [6, 6.07) is 8.24. The van der Waals surface area contributed by atoms with E-state index in [1.165, 1.54) is 11.1 Å². The fraction of sp³-hybridized carbons (Fsp3) is 0.364. The van der Waals surface area contributed by atoms with E-state index in [0.717, 1.165) is 19.1 Å². The monoisotopic (exact) mass is 175 g/mol. The van der Waals surface area contributed by atoms with Gasteiger partial charge < -0.3 is 10.1 Å². The first-order valence-corrected chi connectivity index (χ1v) is 4.52. The highest BCUT2D eigenvalue weighted by Crippen LogP contribution is 2.28. The lowest BCUT2D eigenvalue weighted by Gasteiger charge is -2.20. The van der Waals surface area contributed by atoms with Gasteiger partial charge in [0.15, 0.2) is 0 Å². The SMILES string of the molecule is CNC1(C=O)Cc2ccccc2C1. The van der Waals surface area contributed by atoms with Gasteiger partial charge in [0, 0.05) is 0 Å². The lowest BCUT2D eigenvalue weighted by atomic mass is 9.98. The lowest BCUT2D eigenvalue weighted by Crippen LogP contribution is -2.45. The zero-order valence-corrected chi connectivity index (χ0v) is 7.71. The van der Waals surface area contributed by atoms with Gasteiger partial charge in [-0.2, -0.15) is 0 Å². The van der Waals surface area contributed by atoms with Gasteiger partial charge in [-0.25, -0.2) is 0 Å². The van der Waals surface area contributed by atoms with E-state index in [4.69, 9.17) is 0 Å². The second-order valence-corrected chi connectivity index (χ2v) is 3.65. The van der Waals surface area contributed by atoms with Crippen molar-refractivity contribution in [1.29, 1.82) is 0 Å². The fourth-order valence-corrected chi connectivity index (χ4v) is 1.96. The Morgan fingerprint density at radius 1 is 1.31 bits per heavy atom. The van der Waals surface area contributed by atoms with Crippen molar-refractivity contribution in [3.05, 3.63) is 35.4 Å². The van der Waals surface area contributed by atoms with Crippen LogP contribution < -0.4 is 5.32 Å². The summed E-state index contributed by atoms with van der Waals surface area (Å²) < 4.78 is 0. The zero-order chi connectivity index (χ0) is 9.31. The quantitative estimate of drug-likeness (QED) is 0.678. The van der Waals surface area contributed by atoms with Crippen molar-refractivity contribution in [2.24, 2.45) is 0 Å². The first-order valence-electron chi connectivity index (χ1n) is 4.52. The second-order valence-electron chi connectivity index (χ2n) is 3.65. The molecule has 1 aromatic carbocycles. The second kappa shape index (κ2) is 2.96. The first kappa shape index (κ1) is 8.45. The minimum atomic E-state index is -0.344. The third-order valence-corrected chi connectivity index (χ3v) is 2.85. The zero-order valence-electron chi connectivity index (χ0n) is 7.71. The van der Waals surface area contributed by atoms with E-state index in [2.05, 4.69) is 17.4 Å². The highest BCUT2D eigenvalue weighted by molar-refractivity contribution is 5.68. The molecule has 0 saturated carbocycles. The number of hydrogen-bond acceptors (Lipinski definition) is 2. The van der Waals surface area contributed by atoms with Crippen molar-refractivity contribution >= 4 is 6.29 Å². The van der Waals surface area contributed by atoms with Gasteiger partial charge in [-0.3, -0.25) is 0 Å². The third kappa shape index (κ3) is 1.27. The molecular formula is C11H13NO. The Kier molecular flexibility index (Phi) is 1.93. The van der Waals surface area contributed by atoms with Crippen LogP contribution in [-0.2, 0) is 17.6 Å². The van der Waals surface area contributed by atoms with Crippen LogP contribution in [0, 0.1) is 0 Å². The average Bonchev–Trinajstić information content (AvgIpc) is 2.57. The van der Waals surface area contributed by atoms with Crippen LogP contribution in [-0.4, -0.2) is 18.9 Å². The summed E-state index contributed by atoms with van der Waals surface area (Å²) in [6.07, 6.45) is 2.68. The van der Waals surface area contributed by atoms with E-state index in [9.17, 15) is 4.79 Å². The summed E-state index contributed by atoms with van der Waals surface area (Å²) in [6.45, 7) is 0. The van der Waals surface area contributed by atoms with Crippen LogP contribution in [0.5, 0.6) is 0 Å². The predicted octanol–water partition coefficient (Wildman–Crippen LogP) is 0.942. The number of carbonyl (C=O) groups is 1. The summed E-state index contributed by atoms with van der Waals surface area (Å²) in [5.41, 5.74) is 2.25. The molecule has 0 amide bonds. The Hall–Kier alpha value is -1.15. The largest absolute Gasteiger partial charge is 0.308 e. The maximum Gasteiger partial charge on any atom is 0.140 e. The van der Waals surface area contributed by atoms with Crippen molar-refractivity contribution in [2.45, 2.75) is 18.4 Å². The molecule has 0 heterocycles.